The first-order chi connectivity index (χ1) is 9.10. The molecule has 1 aromatic rings. The second kappa shape index (κ2) is 6.41. The van der Waals surface area contributed by atoms with Gasteiger partial charge in [-0.15, -0.1) is 0 Å². The first kappa shape index (κ1) is 14.4. The predicted octanol–water partition coefficient (Wildman–Crippen LogP) is 4.22. The number of nitrogens with zero attached hydrogens (tertiary/aromatic N) is 2. The molecule has 1 fully saturated rings. The van der Waals surface area contributed by atoms with Crippen molar-refractivity contribution in [3.63, 3.8) is 0 Å². The highest BCUT2D eigenvalue weighted by Crippen LogP contribution is 2.28. The fourth-order valence-electron chi connectivity index (χ4n) is 2.95. The van der Waals surface area contributed by atoms with E-state index in [1.54, 1.807) is 6.07 Å². The van der Waals surface area contributed by atoms with E-state index in [-0.39, 0.29) is 0 Å². The van der Waals surface area contributed by atoms with E-state index in [0.29, 0.717) is 16.6 Å². The maximum atomic E-state index is 8.85. The average Bonchev–Trinajstić information content (AvgIpc) is 2.41. The number of halogens is 1. The van der Waals surface area contributed by atoms with Gasteiger partial charge in [0.05, 0.1) is 11.6 Å². The number of hydrogen-bond donors (Lipinski definition) is 0. The summed E-state index contributed by atoms with van der Waals surface area (Å²) in [6.07, 6.45) is 5.26. The van der Waals surface area contributed by atoms with Crippen molar-refractivity contribution in [3.05, 3.63) is 34.3 Å². The molecule has 19 heavy (non-hydrogen) atoms. The van der Waals surface area contributed by atoms with Crippen molar-refractivity contribution in [1.29, 1.82) is 5.26 Å². The Hall–Kier alpha value is -1.04. The molecule has 0 N–H and O–H groups in total. The first-order valence-electron chi connectivity index (χ1n) is 6.99. The molecule has 0 radical (unpaired) electrons. The van der Waals surface area contributed by atoms with Gasteiger partial charge in [-0.05, 0) is 43.5 Å². The fourth-order valence-corrected chi connectivity index (χ4v) is 3.19. The molecule has 102 valence electrons. The zero-order valence-corrected chi connectivity index (χ0v) is 12.5. The molecule has 0 aliphatic heterocycles. The van der Waals surface area contributed by atoms with E-state index in [0.717, 1.165) is 18.0 Å². The van der Waals surface area contributed by atoms with Gasteiger partial charge < -0.3 is 0 Å². The molecular weight excluding hydrogens is 256 g/mol. The van der Waals surface area contributed by atoms with E-state index >= 15 is 0 Å². The monoisotopic (exact) mass is 276 g/mol. The third-order valence-electron chi connectivity index (χ3n) is 4.13. The smallest absolute Gasteiger partial charge is 0.0992 e. The second-order valence-corrected chi connectivity index (χ2v) is 6.17. The zero-order valence-electron chi connectivity index (χ0n) is 11.7. The lowest BCUT2D eigenvalue weighted by atomic mass is 9.86. The fraction of sp³-hybridized carbons (Fsp3) is 0.562. The van der Waals surface area contributed by atoms with Gasteiger partial charge in [0.1, 0.15) is 0 Å². The third kappa shape index (κ3) is 3.72. The van der Waals surface area contributed by atoms with E-state index in [9.17, 15) is 0 Å². The summed E-state index contributed by atoms with van der Waals surface area (Å²) in [7, 11) is 2.18. The SMILES string of the molecule is CC1CCCC(N(C)Cc2ccc(C#N)cc2Cl)C1. The molecule has 0 saturated heterocycles. The Bertz CT molecular complexity index is 478. The standard InChI is InChI=1S/C16H21ClN2/c1-12-4-3-5-15(8-12)19(2)11-14-7-6-13(10-18)9-16(14)17/h6-7,9,12,15H,3-5,8,11H2,1-2H3. The van der Waals surface area contributed by atoms with Crippen LogP contribution in [0.1, 0.15) is 43.7 Å². The maximum Gasteiger partial charge on any atom is 0.0992 e. The average molecular weight is 277 g/mol. The summed E-state index contributed by atoms with van der Waals surface area (Å²) in [6.45, 7) is 3.20. The van der Waals surface area contributed by atoms with Crippen LogP contribution in [0.4, 0.5) is 0 Å². The van der Waals surface area contributed by atoms with Crippen molar-refractivity contribution < 1.29 is 0 Å². The van der Waals surface area contributed by atoms with Crippen LogP contribution < -0.4 is 0 Å². The van der Waals surface area contributed by atoms with Gasteiger partial charge in [-0.2, -0.15) is 5.26 Å². The maximum absolute atomic E-state index is 8.85. The van der Waals surface area contributed by atoms with Gasteiger partial charge in [-0.25, -0.2) is 0 Å². The third-order valence-corrected chi connectivity index (χ3v) is 4.49. The van der Waals surface area contributed by atoms with Crippen LogP contribution in [0.25, 0.3) is 0 Å². The van der Waals surface area contributed by atoms with Crippen LogP contribution in [0.5, 0.6) is 0 Å². The molecule has 1 aliphatic carbocycles. The van der Waals surface area contributed by atoms with E-state index in [1.807, 2.05) is 12.1 Å². The largest absolute Gasteiger partial charge is 0.299 e. The number of rotatable bonds is 3. The summed E-state index contributed by atoms with van der Waals surface area (Å²) >= 11 is 6.24. The van der Waals surface area contributed by atoms with Crippen LogP contribution in [-0.4, -0.2) is 18.0 Å². The molecule has 0 bridgehead atoms. The minimum atomic E-state index is 0.627. The minimum absolute atomic E-state index is 0.627. The van der Waals surface area contributed by atoms with Crippen LogP contribution >= 0.6 is 11.6 Å². The molecule has 3 heteroatoms. The minimum Gasteiger partial charge on any atom is -0.299 e. The van der Waals surface area contributed by atoms with E-state index < -0.39 is 0 Å². The topological polar surface area (TPSA) is 27.0 Å². The quantitative estimate of drug-likeness (QED) is 0.826. The van der Waals surface area contributed by atoms with Gasteiger partial charge in [-0.1, -0.05) is 37.4 Å². The number of hydrogen-bond acceptors (Lipinski definition) is 2. The summed E-state index contributed by atoms with van der Waals surface area (Å²) in [5.41, 5.74) is 1.74. The molecule has 2 unspecified atom stereocenters. The molecule has 0 aromatic heterocycles. The van der Waals surface area contributed by atoms with Gasteiger partial charge in [0, 0.05) is 17.6 Å². The van der Waals surface area contributed by atoms with Crippen LogP contribution in [-0.2, 0) is 6.54 Å². The lowest BCUT2D eigenvalue weighted by molar-refractivity contribution is 0.158. The molecule has 2 rings (SSSR count). The molecule has 1 aromatic carbocycles. The highest BCUT2D eigenvalue weighted by molar-refractivity contribution is 6.31. The molecule has 0 spiro atoms. The van der Waals surface area contributed by atoms with E-state index in [2.05, 4.69) is 24.9 Å². The van der Waals surface area contributed by atoms with Crippen molar-refractivity contribution in [3.8, 4) is 6.07 Å². The lowest BCUT2D eigenvalue weighted by Gasteiger charge is -2.34. The van der Waals surface area contributed by atoms with Crippen molar-refractivity contribution in [2.75, 3.05) is 7.05 Å². The normalized spacial score (nSPS) is 23.3. The van der Waals surface area contributed by atoms with Crippen molar-refractivity contribution in [2.24, 2.45) is 5.92 Å². The Labute approximate surface area is 121 Å². The van der Waals surface area contributed by atoms with Crippen LogP contribution in [0.15, 0.2) is 18.2 Å². The van der Waals surface area contributed by atoms with E-state index in [1.165, 1.54) is 25.7 Å². The molecule has 1 aliphatic rings. The molecule has 2 nitrogen and oxygen atoms in total. The Kier molecular flexibility index (Phi) is 4.85. The highest BCUT2D eigenvalue weighted by atomic mass is 35.5. The van der Waals surface area contributed by atoms with Crippen molar-refractivity contribution >= 4 is 11.6 Å². The predicted molar refractivity (Wildman–Crippen MR) is 79.1 cm³/mol. The Balaban J connectivity index is 2.02. The summed E-state index contributed by atoms with van der Waals surface area (Å²) in [4.78, 5) is 2.41. The first-order valence-corrected chi connectivity index (χ1v) is 7.36. The molecule has 1 saturated carbocycles. The summed E-state index contributed by atoms with van der Waals surface area (Å²) < 4.78 is 0. The number of nitriles is 1. The van der Waals surface area contributed by atoms with Gasteiger partial charge in [0.2, 0.25) is 0 Å². The Morgan fingerprint density at radius 1 is 1.42 bits per heavy atom. The second-order valence-electron chi connectivity index (χ2n) is 5.76. The van der Waals surface area contributed by atoms with Crippen molar-refractivity contribution in [2.45, 2.75) is 45.2 Å². The van der Waals surface area contributed by atoms with Crippen LogP contribution in [0.2, 0.25) is 5.02 Å². The summed E-state index contributed by atoms with van der Waals surface area (Å²) in [5, 5.41) is 9.55. The molecular formula is C16H21ClN2. The van der Waals surface area contributed by atoms with Crippen LogP contribution in [0, 0.1) is 17.2 Å². The molecule has 2 atom stereocenters. The number of benzene rings is 1. The highest BCUT2D eigenvalue weighted by Gasteiger charge is 2.22. The van der Waals surface area contributed by atoms with Gasteiger partial charge in [0.15, 0.2) is 0 Å². The van der Waals surface area contributed by atoms with Crippen LogP contribution in [0.3, 0.4) is 0 Å². The summed E-state index contributed by atoms with van der Waals surface area (Å²) in [6, 6.07) is 8.36. The van der Waals surface area contributed by atoms with Gasteiger partial charge in [0.25, 0.3) is 0 Å². The Morgan fingerprint density at radius 2 is 2.21 bits per heavy atom. The molecule has 0 heterocycles. The van der Waals surface area contributed by atoms with Crippen molar-refractivity contribution in [1.82, 2.24) is 4.90 Å². The Morgan fingerprint density at radius 3 is 2.84 bits per heavy atom. The van der Waals surface area contributed by atoms with Gasteiger partial charge >= 0.3 is 0 Å². The van der Waals surface area contributed by atoms with E-state index in [4.69, 9.17) is 16.9 Å². The summed E-state index contributed by atoms with van der Waals surface area (Å²) in [5.74, 6) is 0.831. The lowest BCUT2D eigenvalue weighted by Crippen LogP contribution is -2.35. The zero-order chi connectivity index (χ0) is 13.8. The van der Waals surface area contributed by atoms with Gasteiger partial charge in [-0.3, -0.25) is 4.90 Å². The molecule has 0 amide bonds.